The molecule has 38 heavy (non-hydrogen) atoms. The molecule has 0 amide bonds. The minimum atomic E-state index is -0.480. The number of hydrogen-bond acceptors (Lipinski definition) is 6. The van der Waals surface area contributed by atoms with Gasteiger partial charge in [-0.15, -0.1) is 0 Å². The van der Waals surface area contributed by atoms with Gasteiger partial charge in [0.2, 0.25) is 0 Å². The number of rotatable bonds is 5. The summed E-state index contributed by atoms with van der Waals surface area (Å²) in [6.07, 6.45) is 0. The van der Waals surface area contributed by atoms with E-state index in [0.29, 0.717) is 22.6 Å². The summed E-state index contributed by atoms with van der Waals surface area (Å²) in [5, 5.41) is 0. The molecule has 0 heterocycles. The highest BCUT2D eigenvalue weighted by Crippen LogP contribution is 2.46. The molecule has 0 bridgehead atoms. The Morgan fingerprint density at radius 3 is 1.47 bits per heavy atom. The number of fused-ring (bicyclic) bond motifs is 2. The van der Waals surface area contributed by atoms with Crippen molar-refractivity contribution in [3.05, 3.63) is 78.9 Å². The van der Waals surface area contributed by atoms with E-state index in [-0.39, 0.29) is 62.4 Å². The zero-order valence-electron chi connectivity index (χ0n) is 23.8. The molecule has 2 aromatic rings. The Bertz CT molecular complexity index is 1530. The minimum Gasteiger partial charge on any atom is -0.493 e. The van der Waals surface area contributed by atoms with Crippen LogP contribution in [-0.4, -0.2) is 37.4 Å². The quantitative estimate of drug-likeness (QED) is 0.443. The van der Waals surface area contributed by atoms with Crippen molar-refractivity contribution in [2.75, 3.05) is 14.2 Å². The SMILES string of the molecule is COc1cc2c(c(C(C)C)c1OC)C(=O)C(C)=C(C1=C(C)C(=O)c3c(cc(C)c(C)c3C(C)C)C1=O)C2=O. The van der Waals surface area contributed by atoms with Crippen LogP contribution < -0.4 is 9.47 Å². The predicted octanol–water partition coefficient (Wildman–Crippen LogP) is 6.66. The number of benzene rings is 2. The summed E-state index contributed by atoms with van der Waals surface area (Å²) in [6.45, 7) is 14.8. The van der Waals surface area contributed by atoms with Crippen LogP contribution in [0.3, 0.4) is 0 Å². The Labute approximate surface area is 223 Å². The molecule has 2 aliphatic carbocycles. The fraction of sp³-hybridized carbons (Fsp3) is 0.375. The Kier molecular flexibility index (Phi) is 6.81. The molecule has 198 valence electrons. The first kappa shape index (κ1) is 27.2. The number of carbonyl (C=O) groups is 4. The first-order valence-electron chi connectivity index (χ1n) is 12.8. The third-order valence-electron chi connectivity index (χ3n) is 7.83. The van der Waals surface area contributed by atoms with Gasteiger partial charge in [-0.2, -0.15) is 0 Å². The topological polar surface area (TPSA) is 86.7 Å². The van der Waals surface area contributed by atoms with Crippen molar-refractivity contribution in [2.45, 2.75) is 67.2 Å². The van der Waals surface area contributed by atoms with Crippen LogP contribution in [0.2, 0.25) is 0 Å². The monoisotopic (exact) mass is 514 g/mol. The average Bonchev–Trinajstić information content (AvgIpc) is 2.87. The molecule has 0 atom stereocenters. The van der Waals surface area contributed by atoms with Crippen LogP contribution in [0.5, 0.6) is 11.5 Å². The third-order valence-corrected chi connectivity index (χ3v) is 7.83. The third kappa shape index (κ3) is 3.69. The van der Waals surface area contributed by atoms with Gasteiger partial charge in [0.15, 0.2) is 34.6 Å². The van der Waals surface area contributed by atoms with Crippen LogP contribution in [0.15, 0.2) is 34.4 Å². The highest BCUT2D eigenvalue weighted by molar-refractivity contribution is 6.37. The number of hydrogen-bond donors (Lipinski definition) is 0. The molecular weight excluding hydrogens is 480 g/mol. The summed E-state index contributed by atoms with van der Waals surface area (Å²) in [5.41, 5.74) is 4.68. The molecule has 0 unspecified atom stereocenters. The molecule has 0 N–H and O–H groups in total. The van der Waals surface area contributed by atoms with Crippen LogP contribution in [0.4, 0.5) is 0 Å². The summed E-state index contributed by atoms with van der Waals surface area (Å²) < 4.78 is 11.1. The van der Waals surface area contributed by atoms with Crippen molar-refractivity contribution >= 4 is 23.1 Å². The van der Waals surface area contributed by atoms with Crippen molar-refractivity contribution in [3.8, 4) is 11.5 Å². The lowest BCUT2D eigenvalue weighted by Crippen LogP contribution is -2.31. The van der Waals surface area contributed by atoms with Gasteiger partial charge in [0.1, 0.15) is 0 Å². The number of carbonyl (C=O) groups excluding carboxylic acids is 4. The van der Waals surface area contributed by atoms with Gasteiger partial charge in [-0.05, 0) is 68.4 Å². The maximum atomic E-state index is 14.1. The molecule has 0 spiro atoms. The second kappa shape index (κ2) is 9.50. The molecule has 4 rings (SSSR count). The van der Waals surface area contributed by atoms with Crippen LogP contribution >= 0.6 is 0 Å². The molecule has 6 heteroatoms. The van der Waals surface area contributed by atoms with Crippen molar-refractivity contribution < 1.29 is 28.7 Å². The number of methoxy groups -OCH3 is 2. The van der Waals surface area contributed by atoms with Gasteiger partial charge in [0.05, 0.1) is 14.2 Å². The molecule has 0 fully saturated rings. The molecule has 2 aliphatic rings. The molecule has 0 radical (unpaired) electrons. The zero-order chi connectivity index (χ0) is 28.4. The maximum Gasteiger partial charge on any atom is 0.195 e. The largest absolute Gasteiger partial charge is 0.493 e. The second-order valence-corrected chi connectivity index (χ2v) is 10.7. The lowest BCUT2D eigenvalue weighted by atomic mass is 9.71. The number of allylic oxidation sites excluding steroid dienone is 4. The van der Waals surface area contributed by atoms with Crippen LogP contribution in [0, 0.1) is 13.8 Å². The van der Waals surface area contributed by atoms with Gasteiger partial charge in [-0.3, -0.25) is 19.2 Å². The van der Waals surface area contributed by atoms with Gasteiger partial charge in [-0.1, -0.05) is 27.7 Å². The summed E-state index contributed by atoms with van der Waals surface area (Å²) in [5.74, 6) is -0.943. The van der Waals surface area contributed by atoms with Crippen molar-refractivity contribution in [1.82, 2.24) is 0 Å². The fourth-order valence-electron chi connectivity index (χ4n) is 5.90. The van der Waals surface area contributed by atoms with Crippen molar-refractivity contribution in [1.29, 1.82) is 0 Å². The number of ketones is 4. The number of aryl methyl sites for hydroxylation is 1. The Balaban J connectivity index is 2.03. The van der Waals surface area contributed by atoms with E-state index in [0.717, 1.165) is 16.7 Å². The standard InChI is InChI=1S/C32H34O6/c1-13(2)22-16(6)15(5)11-19-26(22)28(33)17(7)24(30(19)35)25-18(8)29(34)27-20(31(25)36)12-21(37-9)32(38-10)23(27)14(3)4/h11-14H,1-10H3. The van der Waals surface area contributed by atoms with Crippen molar-refractivity contribution in [2.24, 2.45) is 0 Å². The van der Waals surface area contributed by atoms with E-state index in [1.54, 1.807) is 19.9 Å². The molecule has 6 nitrogen and oxygen atoms in total. The summed E-state index contributed by atoms with van der Waals surface area (Å²) in [4.78, 5) is 55.9. The van der Waals surface area contributed by atoms with E-state index < -0.39 is 11.6 Å². The average molecular weight is 515 g/mol. The molecular formula is C32H34O6. The van der Waals surface area contributed by atoms with E-state index in [4.69, 9.17) is 9.47 Å². The lowest BCUT2D eigenvalue weighted by Gasteiger charge is -2.29. The number of ether oxygens (including phenoxy) is 2. The Morgan fingerprint density at radius 1 is 0.605 bits per heavy atom. The van der Waals surface area contributed by atoms with Gasteiger partial charge in [0.25, 0.3) is 0 Å². The minimum absolute atomic E-state index is 0.00263. The fourth-order valence-corrected chi connectivity index (χ4v) is 5.90. The highest BCUT2D eigenvalue weighted by atomic mass is 16.5. The Morgan fingerprint density at radius 2 is 1.05 bits per heavy atom. The first-order chi connectivity index (χ1) is 17.8. The van der Waals surface area contributed by atoms with Crippen LogP contribution in [0.25, 0.3) is 0 Å². The smallest absolute Gasteiger partial charge is 0.195 e. The van der Waals surface area contributed by atoms with Gasteiger partial charge < -0.3 is 9.47 Å². The second-order valence-electron chi connectivity index (χ2n) is 10.7. The van der Waals surface area contributed by atoms with E-state index >= 15 is 0 Å². The van der Waals surface area contributed by atoms with E-state index in [1.807, 2.05) is 41.5 Å². The van der Waals surface area contributed by atoms with Gasteiger partial charge in [0, 0.05) is 50.1 Å². The normalized spacial score (nSPS) is 15.6. The Hall–Kier alpha value is -3.80. The van der Waals surface area contributed by atoms with Crippen LogP contribution in [-0.2, 0) is 0 Å². The molecule has 0 aliphatic heterocycles. The van der Waals surface area contributed by atoms with E-state index in [1.165, 1.54) is 20.3 Å². The van der Waals surface area contributed by atoms with E-state index in [2.05, 4.69) is 0 Å². The first-order valence-corrected chi connectivity index (χ1v) is 12.8. The molecule has 0 saturated heterocycles. The molecule has 0 saturated carbocycles. The predicted molar refractivity (Wildman–Crippen MR) is 146 cm³/mol. The highest BCUT2D eigenvalue weighted by Gasteiger charge is 2.42. The zero-order valence-corrected chi connectivity index (χ0v) is 23.8. The molecule has 0 aromatic heterocycles. The maximum absolute atomic E-state index is 14.1. The summed E-state index contributed by atoms with van der Waals surface area (Å²) in [7, 11) is 2.96. The summed E-state index contributed by atoms with van der Waals surface area (Å²) >= 11 is 0. The molecule has 2 aromatic carbocycles. The lowest BCUT2D eigenvalue weighted by molar-refractivity contribution is 0.0951. The van der Waals surface area contributed by atoms with E-state index in [9.17, 15) is 19.2 Å². The van der Waals surface area contributed by atoms with Gasteiger partial charge >= 0.3 is 0 Å². The van der Waals surface area contributed by atoms with Gasteiger partial charge in [-0.25, -0.2) is 0 Å². The summed E-state index contributed by atoms with van der Waals surface area (Å²) in [6, 6.07) is 3.23. The van der Waals surface area contributed by atoms with Crippen LogP contribution in [0.1, 0.15) is 117 Å². The number of Topliss-reactive ketones (excluding diaryl/α,β-unsaturated/α-hetero) is 4. The van der Waals surface area contributed by atoms with Crippen molar-refractivity contribution in [3.63, 3.8) is 0 Å².